The Balaban J connectivity index is 2.42. The molecule has 5 nitrogen and oxygen atoms in total. The van der Waals surface area contributed by atoms with Gasteiger partial charge in [0.05, 0.1) is 19.4 Å². The zero-order valence-electron chi connectivity index (χ0n) is 9.83. The summed E-state index contributed by atoms with van der Waals surface area (Å²) in [4.78, 5) is 10.8. The molecule has 5 heteroatoms. The van der Waals surface area contributed by atoms with Crippen molar-refractivity contribution >= 4 is 6.29 Å². The fourth-order valence-corrected chi connectivity index (χ4v) is 1.65. The number of aromatic nitrogens is 2. The summed E-state index contributed by atoms with van der Waals surface area (Å²) in [5, 5.41) is 12.6. The minimum atomic E-state index is 0.199. The standard InChI is InChI=1S/C13H11N3O2/c1-18-13-5-10(9-17)4-11(6-13)12-7-15-16(8-12)3-2-14/h4-9H,3H2,1H3. The molecule has 0 saturated carbocycles. The van der Waals surface area contributed by atoms with Gasteiger partial charge < -0.3 is 4.74 Å². The van der Waals surface area contributed by atoms with Crippen LogP contribution in [0.25, 0.3) is 11.1 Å². The predicted molar refractivity (Wildman–Crippen MR) is 65.2 cm³/mol. The lowest BCUT2D eigenvalue weighted by Crippen LogP contribution is -1.94. The molecule has 0 aliphatic rings. The van der Waals surface area contributed by atoms with Crippen molar-refractivity contribution in [1.82, 2.24) is 9.78 Å². The molecule has 0 bridgehead atoms. The molecular weight excluding hydrogens is 230 g/mol. The van der Waals surface area contributed by atoms with Crippen molar-refractivity contribution in [3.63, 3.8) is 0 Å². The monoisotopic (exact) mass is 241 g/mol. The van der Waals surface area contributed by atoms with Gasteiger partial charge in [0.15, 0.2) is 0 Å². The van der Waals surface area contributed by atoms with Crippen LogP contribution in [0.5, 0.6) is 5.75 Å². The molecule has 2 aromatic rings. The Labute approximate surface area is 104 Å². The molecule has 2 rings (SSSR count). The maximum atomic E-state index is 10.8. The van der Waals surface area contributed by atoms with Gasteiger partial charge in [-0.1, -0.05) is 0 Å². The largest absolute Gasteiger partial charge is 0.497 e. The molecule has 0 spiro atoms. The Bertz CT molecular complexity index is 611. The highest BCUT2D eigenvalue weighted by Crippen LogP contribution is 2.25. The molecule has 90 valence electrons. The van der Waals surface area contributed by atoms with E-state index in [1.165, 1.54) is 4.68 Å². The highest BCUT2D eigenvalue weighted by atomic mass is 16.5. The highest BCUT2D eigenvalue weighted by molar-refractivity contribution is 5.80. The van der Waals surface area contributed by atoms with E-state index in [0.29, 0.717) is 11.3 Å². The zero-order valence-corrected chi connectivity index (χ0v) is 9.83. The molecule has 0 aliphatic heterocycles. The highest BCUT2D eigenvalue weighted by Gasteiger charge is 2.05. The van der Waals surface area contributed by atoms with Crippen molar-refractivity contribution in [2.45, 2.75) is 6.54 Å². The smallest absolute Gasteiger partial charge is 0.150 e. The van der Waals surface area contributed by atoms with Crippen LogP contribution in [0.1, 0.15) is 10.4 Å². The van der Waals surface area contributed by atoms with Crippen molar-refractivity contribution in [2.75, 3.05) is 7.11 Å². The number of carbonyl (C=O) groups is 1. The third-order valence-electron chi connectivity index (χ3n) is 2.50. The average Bonchev–Trinajstić information content (AvgIpc) is 2.87. The molecule has 0 radical (unpaired) electrons. The first kappa shape index (κ1) is 11.9. The lowest BCUT2D eigenvalue weighted by atomic mass is 10.1. The summed E-state index contributed by atoms with van der Waals surface area (Å²) in [6, 6.07) is 7.25. The molecule has 0 aliphatic carbocycles. The fourth-order valence-electron chi connectivity index (χ4n) is 1.65. The number of ether oxygens (including phenoxy) is 1. The Morgan fingerprint density at radius 3 is 2.94 bits per heavy atom. The summed E-state index contributed by atoms with van der Waals surface area (Å²) in [7, 11) is 1.55. The number of hydrogen-bond acceptors (Lipinski definition) is 4. The topological polar surface area (TPSA) is 67.9 Å². The number of nitriles is 1. The normalized spacial score (nSPS) is 9.78. The maximum Gasteiger partial charge on any atom is 0.150 e. The Hall–Kier alpha value is -2.61. The molecule has 0 atom stereocenters. The third-order valence-corrected chi connectivity index (χ3v) is 2.50. The van der Waals surface area contributed by atoms with Crippen LogP contribution in [-0.2, 0) is 6.54 Å². The summed E-state index contributed by atoms with van der Waals surface area (Å²) in [6.45, 7) is 0.199. The summed E-state index contributed by atoms with van der Waals surface area (Å²) in [5.41, 5.74) is 2.21. The molecule has 0 unspecified atom stereocenters. The van der Waals surface area contributed by atoms with E-state index >= 15 is 0 Å². The first-order chi connectivity index (χ1) is 8.76. The van der Waals surface area contributed by atoms with Crippen LogP contribution < -0.4 is 4.74 Å². The van der Waals surface area contributed by atoms with Crippen molar-refractivity contribution in [1.29, 1.82) is 5.26 Å². The van der Waals surface area contributed by atoms with Gasteiger partial charge in [0.1, 0.15) is 18.6 Å². The number of nitrogens with zero attached hydrogens (tertiary/aromatic N) is 3. The molecule has 1 aromatic heterocycles. The van der Waals surface area contributed by atoms with Crippen molar-refractivity contribution in [3.05, 3.63) is 36.2 Å². The number of benzene rings is 1. The van der Waals surface area contributed by atoms with E-state index in [1.54, 1.807) is 31.6 Å². The number of methoxy groups -OCH3 is 1. The van der Waals surface area contributed by atoms with Crippen LogP contribution in [-0.4, -0.2) is 23.2 Å². The molecule has 1 heterocycles. The van der Waals surface area contributed by atoms with Crippen molar-refractivity contribution < 1.29 is 9.53 Å². The van der Waals surface area contributed by atoms with Gasteiger partial charge in [-0.3, -0.25) is 9.48 Å². The molecule has 0 fully saturated rings. The summed E-state index contributed by atoms with van der Waals surface area (Å²) >= 11 is 0. The molecule has 1 aromatic carbocycles. The van der Waals surface area contributed by atoms with Crippen LogP contribution in [0.2, 0.25) is 0 Å². The minimum Gasteiger partial charge on any atom is -0.497 e. The second kappa shape index (κ2) is 5.15. The van der Waals surface area contributed by atoms with Crippen LogP contribution >= 0.6 is 0 Å². The number of rotatable bonds is 4. The van der Waals surface area contributed by atoms with Gasteiger partial charge in [-0.05, 0) is 23.8 Å². The molecule has 0 saturated heterocycles. The average molecular weight is 241 g/mol. The van der Waals surface area contributed by atoms with E-state index < -0.39 is 0 Å². The van der Waals surface area contributed by atoms with Gasteiger partial charge in [0, 0.05) is 17.3 Å². The first-order valence-corrected chi connectivity index (χ1v) is 5.31. The first-order valence-electron chi connectivity index (χ1n) is 5.31. The van der Waals surface area contributed by atoms with Crippen LogP contribution in [0, 0.1) is 11.3 Å². The summed E-state index contributed by atoms with van der Waals surface area (Å²) in [6.07, 6.45) is 4.18. The molecule has 18 heavy (non-hydrogen) atoms. The van der Waals surface area contributed by atoms with Gasteiger partial charge in [0.2, 0.25) is 0 Å². The lowest BCUT2D eigenvalue weighted by molar-refractivity contribution is 0.112. The number of aldehydes is 1. The van der Waals surface area contributed by atoms with Crippen molar-refractivity contribution in [2.24, 2.45) is 0 Å². The van der Waals surface area contributed by atoms with E-state index in [1.807, 2.05) is 12.1 Å². The maximum absolute atomic E-state index is 10.8. The van der Waals surface area contributed by atoms with Gasteiger partial charge in [-0.25, -0.2) is 0 Å². The van der Waals surface area contributed by atoms with E-state index in [-0.39, 0.29) is 6.54 Å². The third kappa shape index (κ3) is 2.38. The SMILES string of the molecule is COc1cc(C=O)cc(-c2cnn(CC#N)c2)c1. The van der Waals surface area contributed by atoms with Gasteiger partial charge >= 0.3 is 0 Å². The number of carbonyl (C=O) groups excluding carboxylic acids is 1. The van der Waals surface area contributed by atoms with Gasteiger partial charge in [-0.15, -0.1) is 0 Å². The number of hydrogen-bond donors (Lipinski definition) is 0. The fraction of sp³-hybridized carbons (Fsp3) is 0.154. The minimum absolute atomic E-state index is 0.199. The Morgan fingerprint density at radius 2 is 2.28 bits per heavy atom. The molecule has 0 amide bonds. The second-order valence-electron chi connectivity index (χ2n) is 3.70. The second-order valence-corrected chi connectivity index (χ2v) is 3.70. The van der Waals surface area contributed by atoms with E-state index in [0.717, 1.165) is 17.4 Å². The molecular formula is C13H11N3O2. The van der Waals surface area contributed by atoms with Gasteiger partial charge in [0.25, 0.3) is 0 Å². The summed E-state index contributed by atoms with van der Waals surface area (Å²) < 4.78 is 6.67. The van der Waals surface area contributed by atoms with E-state index in [9.17, 15) is 4.79 Å². The zero-order chi connectivity index (χ0) is 13.0. The van der Waals surface area contributed by atoms with Crippen molar-refractivity contribution in [3.8, 4) is 22.9 Å². The molecule has 0 N–H and O–H groups in total. The van der Waals surface area contributed by atoms with Crippen LogP contribution in [0.3, 0.4) is 0 Å². The van der Waals surface area contributed by atoms with Crippen LogP contribution in [0.15, 0.2) is 30.6 Å². The quantitative estimate of drug-likeness (QED) is 0.766. The Kier molecular flexibility index (Phi) is 3.39. The summed E-state index contributed by atoms with van der Waals surface area (Å²) in [5.74, 6) is 0.614. The Morgan fingerprint density at radius 1 is 1.44 bits per heavy atom. The van der Waals surface area contributed by atoms with Crippen LogP contribution in [0.4, 0.5) is 0 Å². The van der Waals surface area contributed by atoms with Gasteiger partial charge in [-0.2, -0.15) is 10.4 Å². The predicted octanol–water partition coefficient (Wildman–Crippen LogP) is 1.89. The van der Waals surface area contributed by atoms with E-state index in [2.05, 4.69) is 5.10 Å². The van der Waals surface area contributed by atoms with E-state index in [4.69, 9.17) is 10.00 Å². The lowest BCUT2D eigenvalue weighted by Gasteiger charge is -2.04.